The zero-order chi connectivity index (χ0) is 20.0. The fraction of sp³-hybridized carbons (Fsp3) is 0.846. The smallest absolute Gasteiger partial charge is 0.157 e. The molecule has 0 radical (unpaired) electrons. The number of allylic oxidation sites excluding steroid dienone is 2. The molecule has 1 heterocycles. The summed E-state index contributed by atoms with van der Waals surface area (Å²) in [5, 5.41) is 3.70. The van der Waals surface area contributed by atoms with Crippen LogP contribution >= 0.6 is 0 Å². The molecule has 1 aliphatic heterocycles. The molecule has 3 nitrogen and oxygen atoms in total. The van der Waals surface area contributed by atoms with Crippen molar-refractivity contribution in [3.05, 3.63) is 11.8 Å². The van der Waals surface area contributed by atoms with Crippen molar-refractivity contribution in [1.82, 2.24) is 5.32 Å². The number of hydrogen-bond acceptors (Lipinski definition) is 3. The largest absolute Gasteiger partial charge is 0.387 e. The fourth-order valence-corrected chi connectivity index (χ4v) is 9.46. The highest BCUT2D eigenvalue weighted by molar-refractivity contribution is 5.91. The molecule has 9 atom stereocenters. The normalized spacial score (nSPS) is 53.0. The first-order chi connectivity index (χ1) is 13.9. The van der Waals surface area contributed by atoms with E-state index < -0.39 is 0 Å². The van der Waals surface area contributed by atoms with E-state index in [-0.39, 0.29) is 10.8 Å². The Morgan fingerprint density at radius 1 is 1.03 bits per heavy atom. The zero-order valence-electron chi connectivity index (χ0n) is 18.2. The van der Waals surface area contributed by atoms with Crippen LogP contribution in [0.15, 0.2) is 11.8 Å². The van der Waals surface area contributed by atoms with Crippen molar-refractivity contribution in [2.75, 3.05) is 6.54 Å². The monoisotopic (exact) mass is 395 g/mol. The van der Waals surface area contributed by atoms with Gasteiger partial charge in [0.15, 0.2) is 5.78 Å². The van der Waals surface area contributed by atoms with Crippen LogP contribution in [0.3, 0.4) is 0 Å². The number of piperidine rings is 1. The minimum absolute atomic E-state index is 0.144. The van der Waals surface area contributed by atoms with Gasteiger partial charge < -0.3 is 5.32 Å². The molecule has 0 amide bonds. The molecule has 2 bridgehead atoms. The highest BCUT2D eigenvalue weighted by atomic mass is 16.1. The van der Waals surface area contributed by atoms with Gasteiger partial charge in [-0.3, -0.25) is 9.59 Å². The van der Waals surface area contributed by atoms with Gasteiger partial charge in [0.2, 0.25) is 0 Å². The topological polar surface area (TPSA) is 46.2 Å². The molecule has 5 aliphatic carbocycles. The number of nitrogens with one attached hydrogen (secondary N) is 1. The van der Waals surface area contributed by atoms with E-state index in [0.717, 1.165) is 25.3 Å². The predicted octanol–water partition coefficient (Wildman–Crippen LogP) is 4.91. The van der Waals surface area contributed by atoms with Crippen molar-refractivity contribution in [1.29, 1.82) is 0 Å². The summed E-state index contributed by atoms with van der Waals surface area (Å²) in [6, 6.07) is 0. The van der Waals surface area contributed by atoms with E-state index in [2.05, 4.69) is 19.2 Å². The zero-order valence-corrected chi connectivity index (χ0v) is 18.2. The average molecular weight is 396 g/mol. The highest BCUT2D eigenvalue weighted by Crippen LogP contribution is 2.65. The molecule has 29 heavy (non-hydrogen) atoms. The molecule has 6 aliphatic rings. The predicted molar refractivity (Wildman–Crippen MR) is 113 cm³/mol. The van der Waals surface area contributed by atoms with E-state index in [9.17, 15) is 9.59 Å². The molecule has 1 N–H and O–H groups in total. The fourth-order valence-electron chi connectivity index (χ4n) is 9.46. The number of ketones is 2. The molecular formula is C26H37NO2. The van der Waals surface area contributed by atoms with Crippen molar-refractivity contribution < 1.29 is 9.59 Å². The number of carbonyl (C=O) groups excluding carboxylic acids is 2. The Balaban J connectivity index is 1.26. The summed E-state index contributed by atoms with van der Waals surface area (Å²) < 4.78 is 0. The molecule has 3 heteroatoms. The summed E-state index contributed by atoms with van der Waals surface area (Å²) in [4.78, 5) is 25.7. The van der Waals surface area contributed by atoms with Crippen molar-refractivity contribution in [3.8, 4) is 0 Å². The molecule has 0 aromatic carbocycles. The summed E-state index contributed by atoms with van der Waals surface area (Å²) in [5.41, 5.74) is 1.57. The highest BCUT2D eigenvalue weighted by Gasteiger charge is 2.61. The maximum atomic E-state index is 13.7. The molecule has 158 valence electrons. The van der Waals surface area contributed by atoms with Gasteiger partial charge in [0, 0.05) is 42.0 Å². The van der Waals surface area contributed by atoms with Crippen LogP contribution in [0.25, 0.3) is 0 Å². The number of hydrogen-bond donors (Lipinski definition) is 1. The third-order valence-corrected chi connectivity index (χ3v) is 11.0. The Bertz CT molecular complexity index is 786. The second-order valence-electron chi connectivity index (χ2n) is 12.1. The first-order valence-corrected chi connectivity index (χ1v) is 12.4. The average Bonchev–Trinajstić information content (AvgIpc) is 3.41. The van der Waals surface area contributed by atoms with Crippen molar-refractivity contribution in [2.45, 2.75) is 78.1 Å². The lowest BCUT2D eigenvalue weighted by atomic mass is 9.49. The number of fused-ring (bicyclic) bond motifs is 7. The van der Waals surface area contributed by atoms with E-state index in [0.29, 0.717) is 53.5 Å². The van der Waals surface area contributed by atoms with Crippen molar-refractivity contribution >= 4 is 11.6 Å². The first-order valence-electron chi connectivity index (χ1n) is 12.4. The van der Waals surface area contributed by atoms with Crippen LogP contribution < -0.4 is 5.32 Å². The van der Waals surface area contributed by atoms with Gasteiger partial charge in [0.1, 0.15) is 5.78 Å². The molecule has 0 aromatic heterocycles. The summed E-state index contributed by atoms with van der Waals surface area (Å²) >= 11 is 0. The van der Waals surface area contributed by atoms with E-state index in [4.69, 9.17) is 0 Å². The lowest BCUT2D eigenvalue weighted by Crippen LogP contribution is -2.57. The summed E-state index contributed by atoms with van der Waals surface area (Å²) in [6.07, 6.45) is 13.7. The Labute approximate surface area is 175 Å². The maximum Gasteiger partial charge on any atom is 0.157 e. The van der Waals surface area contributed by atoms with Gasteiger partial charge >= 0.3 is 0 Å². The second-order valence-corrected chi connectivity index (χ2v) is 12.1. The number of carbonyl (C=O) groups is 2. The van der Waals surface area contributed by atoms with Crippen LogP contribution in [-0.4, -0.2) is 18.1 Å². The van der Waals surface area contributed by atoms with Gasteiger partial charge in [-0.25, -0.2) is 0 Å². The minimum Gasteiger partial charge on any atom is -0.387 e. The van der Waals surface area contributed by atoms with Crippen molar-refractivity contribution in [3.63, 3.8) is 0 Å². The second kappa shape index (κ2) is 6.20. The molecule has 3 unspecified atom stereocenters. The molecule has 5 fully saturated rings. The van der Waals surface area contributed by atoms with Crippen LogP contribution in [0.5, 0.6) is 0 Å². The molecule has 4 saturated carbocycles. The third-order valence-electron chi connectivity index (χ3n) is 11.0. The van der Waals surface area contributed by atoms with Gasteiger partial charge in [-0.1, -0.05) is 20.3 Å². The first kappa shape index (κ1) is 18.6. The SMILES string of the molecule is C[C@]12CC[C@H]3[C@@H](CNC4=CC(=O)CC[C@@]43C)[C@@H]1CC[C@@H]2C(=O)C1CC2CCC1C2. The van der Waals surface area contributed by atoms with Crippen LogP contribution in [0, 0.1) is 52.3 Å². The number of rotatable bonds is 2. The molecule has 1 saturated heterocycles. The van der Waals surface area contributed by atoms with Crippen molar-refractivity contribution in [2.24, 2.45) is 52.3 Å². The lowest BCUT2D eigenvalue weighted by Gasteiger charge is -2.58. The quantitative estimate of drug-likeness (QED) is 0.723. The Hall–Kier alpha value is -1.12. The Morgan fingerprint density at radius 2 is 1.90 bits per heavy atom. The Morgan fingerprint density at radius 3 is 2.66 bits per heavy atom. The molecule has 0 aromatic rings. The van der Waals surface area contributed by atoms with Crippen LogP contribution in [0.2, 0.25) is 0 Å². The van der Waals surface area contributed by atoms with E-state index in [1.54, 1.807) is 0 Å². The van der Waals surface area contributed by atoms with E-state index in [1.165, 1.54) is 50.6 Å². The van der Waals surface area contributed by atoms with E-state index in [1.807, 2.05) is 6.08 Å². The third kappa shape index (κ3) is 2.48. The van der Waals surface area contributed by atoms with Gasteiger partial charge in [-0.2, -0.15) is 0 Å². The van der Waals surface area contributed by atoms with Gasteiger partial charge in [0.05, 0.1) is 0 Å². The van der Waals surface area contributed by atoms with Crippen LogP contribution in [0.4, 0.5) is 0 Å². The molecule has 6 rings (SSSR count). The molecular weight excluding hydrogens is 358 g/mol. The standard InChI is InChI=1S/C26H37NO2/c1-25-10-8-21-19(14-27-23-13-17(28)7-9-26(21,23)2)20(25)5-6-22(25)24(29)18-12-15-3-4-16(18)11-15/h13,15-16,18-22,27H,3-12,14H2,1-2H3/t15?,16?,18?,19-,20-,21-,22+,25-,26+/m0/s1. The Kier molecular flexibility index (Phi) is 3.98. The summed E-state index contributed by atoms with van der Waals surface area (Å²) in [7, 11) is 0. The minimum atomic E-state index is 0.144. The maximum absolute atomic E-state index is 13.7. The molecule has 0 spiro atoms. The number of Topliss-reactive ketones (excluding diaryl/α,β-unsaturated/α-hetero) is 1. The van der Waals surface area contributed by atoms with E-state index >= 15 is 0 Å². The van der Waals surface area contributed by atoms with Gasteiger partial charge in [-0.15, -0.1) is 0 Å². The summed E-state index contributed by atoms with van der Waals surface area (Å²) in [6.45, 7) is 5.90. The lowest BCUT2D eigenvalue weighted by molar-refractivity contribution is -0.135. The summed E-state index contributed by atoms with van der Waals surface area (Å²) in [5.74, 6) is 5.27. The van der Waals surface area contributed by atoms with Crippen LogP contribution in [-0.2, 0) is 9.59 Å². The van der Waals surface area contributed by atoms with Crippen LogP contribution in [0.1, 0.15) is 78.1 Å². The van der Waals surface area contributed by atoms with Gasteiger partial charge in [0.25, 0.3) is 0 Å². The van der Waals surface area contributed by atoms with Gasteiger partial charge in [-0.05, 0) is 86.4 Å².